The molecule has 1 N–H and O–H groups in total. The lowest BCUT2D eigenvalue weighted by Crippen LogP contribution is -2.11. The summed E-state index contributed by atoms with van der Waals surface area (Å²) in [6, 6.07) is 12.8. The highest BCUT2D eigenvalue weighted by atomic mass is 35.5. The van der Waals surface area contributed by atoms with E-state index >= 15 is 0 Å². The van der Waals surface area contributed by atoms with Crippen molar-refractivity contribution in [3.8, 4) is 11.5 Å². The number of benzene rings is 2. The second kappa shape index (κ2) is 7.92. The first-order chi connectivity index (χ1) is 12.8. The largest absolute Gasteiger partial charge is 0.419 e. The maximum Gasteiger partial charge on any atom is 0.233 e. The molecule has 27 heavy (non-hydrogen) atoms. The van der Waals surface area contributed by atoms with E-state index in [2.05, 4.69) is 10.3 Å². The second-order valence-corrected chi connectivity index (χ2v) is 9.13. The van der Waals surface area contributed by atoms with Crippen molar-refractivity contribution in [2.45, 2.75) is 23.8 Å². The highest BCUT2D eigenvalue weighted by Crippen LogP contribution is 2.33. The van der Waals surface area contributed by atoms with Crippen LogP contribution in [0.4, 0.5) is 5.88 Å². The van der Waals surface area contributed by atoms with Crippen molar-refractivity contribution in [1.29, 1.82) is 0 Å². The van der Waals surface area contributed by atoms with Crippen molar-refractivity contribution in [3.63, 3.8) is 0 Å². The van der Waals surface area contributed by atoms with Crippen molar-refractivity contribution in [3.05, 3.63) is 58.6 Å². The van der Waals surface area contributed by atoms with Crippen LogP contribution in [0, 0.1) is 5.92 Å². The van der Waals surface area contributed by atoms with Crippen molar-refractivity contribution in [2.75, 3.05) is 11.9 Å². The zero-order valence-electron chi connectivity index (χ0n) is 14.7. The number of hydrogen-bond acceptors (Lipinski definition) is 5. The van der Waals surface area contributed by atoms with E-state index in [0.29, 0.717) is 28.1 Å². The first kappa shape index (κ1) is 19.7. The Balaban J connectivity index is 2.08. The monoisotopic (exact) mass is 424 g/mol. The van der Waals surface area contributed by atoms with Gasteiger partial charge >= 0.3 is 0 Å². The number of halogens is 2. The van der Waals surface area contributed by atoms with Gasteiger partial charge in [-0.15, -0.1) is 0 Å². The Morgan fingerprint density at radius 3 is 2.11 bits per heavy atom. The van der Waals surface area contributed by atoms with Crippen molar-refractivity contribution < 1.29 is 12.8 Å². The van der Waals surface area contributed by atoms with Crippen LogP contribution in [-0.2, 0) is 9.84 Å². The fraction of sp³-hybridized carbons (Fsp3) is 0.211. The third-order valence-electron chi connectivity index (χ3n) is 3.74. The van der Waals surface area contributed by atoms with E-state index in [1.807, 2.05) is 13.8 Å². The summed E-state index contributed by atoms with van der Waals surface area (Å²) in [5.74, 6) is 0.606. The number of nitrogens with zero attached hydrogens (tertiary/aromatic N) is 1. The van der Waals surface area contributed by atoms with E-state index in [1.165, 1.54) is 24.3 Å². The van der Waals surface area contributed by atoms with Crippen molar-refractivity contribution in [1.82, 2.24) is 4.98 Å². The summed E-state index contributed by atoms with van der Waals surface area (Å²) in [5.41, 5.74) is 0.629. The molecule has 0 saturated heterocycles. The topological polar surface area (TPSA) is 72.2 Å². The van der Waals surface area contributed by atoms with Gasteiger partial charge in [0.2, 0.25) is 26.6 Å². The zero-order valence-corrected chi connectivity index (χ0v) is 17.1. The van der Waals surface area contributed by atoms with Gasteiger partial charge in [-0.1, -0.05) is 37.0 Å². The number of anilines is 1. The van der Waals surface area contributed by atoms with Gasteiger partial charge in [0.05, 0.1) is 4.90 Å². The van der Waals surface area contributed by atoms with Crippen LogP contribution in [0.3, 0.4) is 0 Å². The highest BCUT2D eigenvalue weighted by molar-refractivity contribution is 7.91. The first-order valence-electron chi connectivity index (χ1n) is 8.28. The summed E-state index contributed by atoms with van der Waals surface area (Å²) < 4.78 is 31.9. The molecule has 0 fully saturated rings. The number of nitrogens with one attached hydrogen (secondary N) is 1. The molecule has 0 aliphatic heterocycles. The summed E-state index contributed by atoms with van der Waals surface area (Å²) in [4.78, 5) is 4.36. The van der Waals surface area contributed by atoms with Crippen LogP contribution in [0.5, 0.6) is 0 Å². The Hall–Kier alpha value is -2.02. The molecular formula is C19H18Cl2N2O3S. The lowest BCUT2D eigenvalue weighted by Gasteiger charge is -2.08. The lowest BCUT2D eigenvalue weighted by molar-refractivity contribution is 0.567. The highest BCUT2D eigenvalue weighted by Gasteiger charge is 2.28. The van der Waals surface area contributed by atoms with E-state index in [4.69, 9.17) is 27.6 Å². The van der Waals surface area contributed by atoms with Crippen LogP contribution in [0.15, 0.2) is 62.9 Å². The molecule has 1 heterocycles. The van der Waals surface area contributed by atoms with Gasteiger partial charge in [0.15, 0.2) is 0 Å². The molecule has 0 unspecified atom stereocenters. The van der Waals surface area contributed by atoms with Crippen LogP contribution < -0.4 is 5.32 Å². The van der Waals surface area contributed by atoms with Crippen LogP contribution in [-0.4, -0.2) is 19.9 Å². The molecule has 0 atom stereocenters. The maximum absolute atomic E-state index is 13.1. The molecule has 0 radical (unpaired) electrons. The molecule has 0 spiro atoms. The van der Waals surface area contributed by atoms with Crippen molar-refractivity contribution >= 4 is 38.9 Å². The molecular weight excluding hydrogens is 407 g/mol. The molecule has 5 nitrogen and oxygen atoms in total. The van der Waals surface area contributed by atoms with Gasteiger partial charge in [0.25, 0.3) is 0 Å². The number of hydrogen-bond donors (Lipinski definition) is 1. The van der Waals surface area contributed by atoms with Gasteiger partial charge in [0.1, 0.15) is 0 Å². The number of aromatic nitrogens is 1. The van der Waals surface area contributed by atoms with E-state index in [-0.39, 0.29) is 21.7 Å². The Labute approximate surface area is 168 Å². The molecule has 0 amide bonds. The average molecular weight is 425 g/mol. The molecule has 0 aliphatic carbocycles. The Morgan fingerprint density at radius 2 is 1.56 bits per heavy atom. The van der Waals surface area contributed by atoms with Gasteiger partial charge in [-0.2, -0.15) is 4.98 Å². The Bertz CT molecular complexity index is 1030. The van der Waals surface area contributed by atoms with Gasteiger partial charge in [0, 0.05) is 22.2 Å². The summed E-state index contributed by atoms with van der Waals surface area (Å²) in [6.45, 7) is 4.56. The van der Waals surface area contributed by atoms with Crippen LogP contribution in [0.2, 0.25) is 10.0 Å². The SMILES string of the molecule is CC(C)CNc1oc(-c2ccc(Cl)cc2)nc1S(=O)(=O)c1ccc(Cl)cc1. The van der Waals surface area contributed by atoms with Gasteiger partial charge < -0.3 is 9.73 Å². The van der Waals surface area contributed by atoms with Crippen molar-refractivity contribution in [2.24, 2.45) is 5.92 Å². The maximum atomic E-state index is 13.1. The van der Waals surface area contributed by atoms with E-state index < -0.39 is 9.84 Å². The van der Waals surface area contributed by atoms with Crippen LogP contribution in [0.1, 0.15) is 13.8 Å². The first-order valence-corrected chi connectivity index (χ1v) is 10.5. The predicted molar refractivity (Wildman–Crippen MR) is 107 cm³/mol. The lowest BCUT2D eigenvalue weighted by atomic mass is 10.2. The minimum Gasteiger partial charge on any atom is -0.419 e. The minimum atomic E-state index is -3.88. The summed E-state index contributed by atoms with van der Waals surface area (Å²) in [7, 11) is -3.88. The summed E-state index contributed by atoms with van der Waals surface area (Å²) in [6.07, 6.45) is 0. The fourth-order valence-electron chi connectivity index (χ4n) is 2.34. The van der Waals surface area contributed by atoms with Gasteiger partial charge in [-0.3, -0.25) is 0 Å². The third-order valence-corrected chi connectivity index (χ3v) is 5.92. The number of oxazole rings is 1. The Kier molecular flexibility index (Phi) is 5.79. The van der Waals surface area contributed by atoms with E-state index in [0.717, 1.165) is 0 Å². The minimum absolute atomic E-state index is 0.0930. The molecule has 2 aromatic carbocycles. The standard InChI is InChI=1S/C19H18Cl2N2O3S/c1-12(2)11-22-18-19(27(24,25)16-9-7-15(21)8-10-16)23-17(26-18)13-3-5-14(20)6-4-13/h3-10,12,22H,11H2,1-2H3. The Morgan fingerprint density at radius 1 is 1.00 bits per heavy atom. The summed E-state index contributed by atoms with van der Waals surface area (Å²) in [5, 5.41) is 3.90. The summed E-state index contributed by atoms with van der Waals surface area (Å²) >= 11 is 11.8. The molecule has 8 heteroatoms. The third kappa shape index (κ3) is 4.46. The smallest absolute Gasteiger partial charge is 0.233 e. The normalized spacial score (nSPS) is 11.7. The zero-order chi connectivity index (χ0) is 19.6. The molecule has 0 bridgehead atoms. The number of sulfone groups is 1. The average Bonchev–Trinajstić information content (AvgIpc) is 3.06. The number of rotatable bonds is 6. The van der Waals surface area contributed by atoms with Gasteiger partial charge in [-0.25, -0.2) is 8.42 Å². The fourth-order valence-corrected chi connectivity index (χ4v) is 3.87. The second-order valence-electron chi connectivity index (χ2n) is 6.39. The van der Waals surface area contributed by atoms with E-state index in [1.54, 1.807) is 24.3 Å². The van der Waals surface area contributed by atoms with Crippen LogP contribution in [0.25, 0.3) is 11.5 Å². The predicted octanol–water partition coefficient (Wildman–Crippen LogP) is 5.55. The van der Waals surface area contributed by atoms with Crippen LogP contribution >= 0.6 is 23.2 Å². The quantitative estimate of drug-likeness (QED) is 0.561. The molecule has 0 aliphatic rings. The van der Waals surface area contributed by atoms with E-state index in [9.17, 15) is 8.42 Å². The molecule has 142 valence electrons. The van der Waals surface area contributed by atoms with Gasteiger partial charge in [-0.05, 0) is 54.4 Å². The molecule has 3 rings (SSSR count). The molecule has 3 aromatic rings. The molecule has 0 saturated carbocycles. The molecule has 1 aromatic heterocycles.